The van der Waals surface area contributed by atoms with Crippen molar-refractivity contribution in [1.29, 1.82) is 0 Å². The van der Waals surface area contributed by atoms with Crippen molar-refractivity contribution in [3.8, 4) is 5.75 Å². The molecular weight excluding hydrogens is 486 g/mol. The fraction of sp³-hybridized carbons (Fsp3) is 0.185. The lowest BCUT2D eigenvalue weighted by Crippen LogP contribution is -2.05. The molecule has 34 heavy (non-hydrogen) atoms. The Kier molecular flexibility index (Phi) is 8.74. The van der Waals surface area contributed by atoms with Gasteiger partial charge in [-0.25, -0.2) is 4.98 Å². The third kappa shape index (κ3) is 6.92. The smallest absolute Gasteiger partial charge is 0.315 e. The average molecular weight is 510 g/mol. The number of hydrogen-bond acceptors (Lipinski definition) is 6. The normalized spacial score (nSPS) is 11.8. The number of pyridine rings is 1. The number of rotatable bonds is 10. The maximum Gasteiger partial charge on any atom is 0.315 e. The Morgan fingerprint density at radius 1 is 0.941 bits per heavy atom. The van der Waals surface area contributed by atoms with Gasteiger partial charge in [0.2, 0.25) is 0 Å². The van der Waals surface area contributed by atoms with Crippen LogP contribution in [0.5, 0.6) is 5.75 Å². The number of benzene rings is 3. The van der Waals surface area contributed by atoms with E-state index in [0.717, 1.165) is 38.7 Å². The second-order valence-corrected chi connectivity index (χ2v) is 10.4. The molecule has 174 valence electrons. The average Bonchev–Trinajstić information content (AvgIpc) is 2.88. The van der Waals surface area contributed by atoms with E-state index in [-0.39, 0.29) is 10.6 Å². The summed E-state index contributed by atoms with van der Waals surface area (Å²) in [5.41, 5.74) is 4.14. The molecule has 3 aromatic carbocycles. The number of nitrogens with zero attached hydrogens (tertiary/aromatic N) is 1. The van der Waals surface area contributed by atoms with Gasteiger partial charge in [0.05, 0.1) is 28.7 Å². The van der Waals surface area contributed by atoms with Gasteiger partial charge in [-0.2, -0.15) is 0 Å². The number of halogens is 1. The van der Waals surface area contributed by atoms with Crippen LogP contribution in [-0.2, 0) is 21.9 Å². The number of thioether (sulfide) groups is 2. The summed E-state index contributed by atoms with van der Waals surface area (Å²) in [4.78, 5) is 16.4. The molecule has 0 spiro atoms. The van der Waals surface area contributed by atoms with Gasteiger partial charge in [-0.1, -0.05) is 60.1 Å². The number of carbonyl (C=O) groups excluding carboxylic acids is 1. The van der Waals surface area contributed by atoms with Crippen LogP contribution in [0.4, 0.5) is 0 Å². The van der Waals surface area contributed by atoms with Gasteiger partial charge < -0.3 is 9.47 Å². The van der Waals surface area contributed by atoms with Crippen LogP contribution in [0.2, 0.25) is 5.02 Å². The summed E-state index contributed by atoms with van der Waals surface area (Å²) < 4.78 is 10.9. The first-order valence-corrected chi connectivity index (χ1v) is 13.2. The molecule has 0 aliphatic rings. The number of methoxy groups -OCH3 is 1. The molecule has 1 aromatic heterocycles. The molecule has 0 fully saturated rings. The molecule has 4 rings (SSSR count). The number of aromatic nitrogens is 1. The van der Waals surface area contributed by atoms with Crippen LogP contribution in [0, 0.1) is 0 Å². The summed E-state index contributed by atoms with van der Waals surface area (Å²) in [6.07, 6.45) is 0. The van der Waals surface area contributed by atoms with Gasteiger partial charge in [0.1, 0.15) is 12.4 Å². The second kappa shape index (κ2) is 12.2. The van der Waals surface area contributed by atoms with Gasteiger partial charge in [0, 0.05) is 16.2 Å². The van der Waals surface area contributed by atoms with E-state index in [2.05, 4.69) is 11.1 Å². The third-order valence-corrected chi connectivity index (χ3v) is 8.21. The van der Waals surface area contributed by atoms with Crippen LogP contribution in [0.25, 0.3) is 10.9 Å². The molecule has 1 heterocycles. The molecule has 0 aliphatic carbocycles. The molecule has 0 aliphatic heterocycles. The highest BCUT2D eigenvalue weighted by Gasteiger charge is 2.16. The van der Waals surface area contributed by atoms with E-state index < -0.39 is 0 Å². The van der Waals surface area contributed by atoms with Crippen LogP contribution in [-0.4, -0.2) is 23.8 Å². The van der Waals surface area contributed by atoms with E-state index in [1.54, 1.807) is 23.5 Å². The minimum Gasteiger partial charge on any atom is -0.487 e. The second-order valence-electron chi connectivity index (χ2n) is 7.51. The molecule has 0 bridgehead atoms. The minimum absolute atomic E-state index is 0.0750. The SMILES string of the molecule is COC(=O)CSC(SCc1ccc(Cl)cc1)c1ccc(OCc2ccc3ccccc3n2)cc1. The van der Waals surface area contributed by atoms with Gasteiger partial charge in [-0.05, 0) is 47.5 Å². The highest BCUT2D eigenvalue weighted by Crippen LogP contribution is 2.41. The number of hydrogen-bond donors (Lipinski definition) is 0. The van der Waals surface area contributed by atoms with Crippen molar-refractivity contribution in [2.45, 2.75) is 16.9 Å². The van der Waals surface area contributed by atoms with E-state index in [1.807, 2.05) is 78.9 Å². The largest absolute Gasteiger partial charge is 0.487 e. The monoisotopic (exact) mass is 509 g/mol. The van der Waals surface area contributed by atoms with Gasteiger partial charge in [0.25, 0.3) is 0 Å². The predicted octanol–water partition coefficient (Wildman–Crippen LogP) is 7.31. The molecule has 1 unspecified atom stereocenters. The molecule has 0 N–H and O–H groups in total. The standard InChI is InChI=1S/C27H24ClNO3S2/c1-31-26(30)18-34-27(33-17-19-6-11-22(28)12-7-19)21-9-14-24(15-10-21)32-16-23-13-8-20-4-2-3-5-25(20)29-23/h2-15,27H,16-18H2,1H3. The summed E-state index contributed by atoms with van der Waals surface area (Å²) in [5.74, 6) is 1.64. The van der Waals surface area contributed by atoms with Crippen molar-refractivity contribution in [3.63, 3.8) is 0 Å². The Hall–Kier alpha value is -2.67. The Balaban J connectivity index is 1.40. The van der Waals surface area contributed by atoms with Crippen LogP contribution in [0.15, 0.2) is 84.9 Å². The zero-order valence-electron chi connectivity index (χ0n) is 18.6. The number of carbonyl (C=O) groups is 1. The van der Waals surface area contributed by atoms with Crippen molar-refractivity contribution in [2.75, 3.05) is 12.9 Å². The highest BCUT2D eigenvalue weighted by molar-refractivity contribution is 8.16. The zero-order chi connectivity index (χ0) is 23.8. The van der Waals surface area contributed by atoms with Crippen LogP contribution in [0.1, 0.15) is 21.4 Å². The van der Waals surface area contributed by atoms with Gasteiger partial charge in [-0.15, -0.1) is 23.5 Å². The predicted molar refractivity (Wildman–Crippen MR) is 142 cm³/mol. The van der Waals surface area contributed by atoms with Gasteiger partial charge in [0.15, 0.2) is 0 Å². The Morgan fingerprint density at radius 3 is 2.47 bits per heavy atom. The van der Waals surface area contributed by atoms with Crippen molar-refractivity contribution in [3.05, 3.63) is 107 Å². The van der Waals surface area contributed by atoms with Crippen molar-refractivity contribution in [1.82, 2.24) is 4.98 Å². The van der Waals surface area contributed by atoms with Crippen LogP contribution < -0.4 is 4.74 Å². The fourth-order valence-electron chi connectivity index (χ4n) is 3.26. The fourth-order valence-corrected chi connectivity index (χ4v) is 5.82. The lowest BCUT2D eigenvalue weighted by atomic mass is 10.2. The van der Waals surface area contributed by atoms with E-state index in [0.29, 0.717) is 12.4 Å². The minimum atomic E-state index is -0.232. The Labute approximate surface area is 213 Å². The van der Waals surface area contributed by atoms with E-state index in [9.17, 15) is 4.79 Å². The maximum absolute atomic E-state index is 11.7. The van der Waals surface area contributed by atoms with Crippen LogP contribution in [0.3, 0.4) is 0 Å². The van der Waals surface area contributed by atoms with E-state index >= 15 is 0 Å². The lowest BCUT2D eigenvalue weighted by Gasteiger charge is -2.17. The first-order chi connectivity index (χ1) is 16.6. The molecule has 7 heteroatoms. The molecule has 4 nitrogen and oxygen atoms in total. The highest BCUT2D eigenvalue weighted by atomic mass is 35.5. The summed E-state index contributed by atoms with van der Waals surface area (Å²) in [6, 6.07) is 27.9. The lowest BCUT2D eigenvalue weighted by molar-refractivity contribution is -0.137. The van der Waals surface area contributed by atoms with Crippen molar-refractivity contribution >= 4 is 52.0 Å². The molecule has 4 aromatic rings. The molecular formula is C27H24ClNO3S2. The van der Waals surface area contributed by atoms with Crippen LogP contribution >= 0.6 is 35.1 Å². The van der Waals surface area contributed by atoms with Crippen molar-refractivity contribution < 1.29 is 14.3 Å². The van der Waals surface area contributed by atoms with Gasteiger partial charge >= 0.3 is 5.97 Å². The number of ether oxygens (including phenoxy) is 2. The molecule has 0 amide bonds. The first kappa shape index (κ1) is 24.5. The summed E-state index contributed by atoms with van der Waals surface area (Å²) in [6.45, 7) is 0.399. The Morgan fingerprint density at radius 2 is 1.71 bits per heavy atom. The molecule has 0 radical (unpaired) electrons. The quantitative estimate of drug-likeness (QED) is 0.165. The Bertz CT molecular complexity index is 1230. The van der Waals surface area contributed by atoms with E-state index in [1.165, 1.54) is 12.7 Å². The molecule has 0 saturated carbocycles. The first-order valence-electron chi connectivity index (χ1n) is 10.7. The topological polar surface area (TPSA) is 48.4 Å². The van der Waals surface area contributed by atoms with Crippen molar-refractivity contribution in [2.24, 2.45) is 0 Å². The van der Waals surface area contributed by atoms with Gasteiger partial charge in [-0.3, -0.25) is 4.79 Å². The number of para-hydroxylation sites is 1. The summed E-state index contributed by atoms with van der Waals surface area (Å²) in [5, 5.41) is 1.84. The maximum atomic E-state index is 11.7. The molecule has 1 atom stereocenters. The molecule has 0 saturated heterocycles. The number of esters is 1. The zero-order valence-corrected chi connectivity index (χ0v) is 21.0. The number of fused-ring (bicyclic) bond motifs is 1. The summed E-state index contributed by atoms with van der Waals surface area (Å²) >= 11 is 9.32. The summed E-state index contributed by atoms with van der Waals surface area (Å²) in [7, 11) is 1.41. The van der Waals surface area contributed by atoms with E-state index in [4.69, 9.17) is 21.1 Å². The third-order valence-electron chi connectivity index (χ3n) is 5.09.